The largest absolute Gasteiger partial charge is 0.370 e. The number of piperazine rings is 1. The zero-order chi connectivity index (χ0) is 14.5. The maximum atomic E-state index is 12.3. The van der Waals surface area contributed by atoms with Crippen LogP contribution in [0.25, 0.3) is 0 Å². The number of hydrogen-bond donors (Lipinski definition) is 2. The van der Waals surface area contributed by atoms with Crippen molar-refractivity contribution in [2.75, 3.05) is 25.0 Å². The molecule has 0 aliphatic carbocycles. The molecule has 0 atom stereocenters. The molecule has 1 fully saturated rings. The van der Waals surface area contributed by atoms with Gasteiger partial charge < -0.3 is 10.2 Å². The number of nitrogens with one attached hydrogen (secondary N) is 2. The molecule has 0 radical (unpaired) electrons. The third kappa shape index (κ3) is 3.31. The van der Waals surface area contributed by atoms with Gasteiger partial charge in [-0.15, -0.1) is 0 Å². The van der Waals surface area contributed by atoms with Gasteiger partial charge in [-0.1, -0.05) is 6.92 Å². The number of carbonyl (C=O) groups is 3. The van der Waals surface area contributed by atoms with Crippen LogP contribution in [0.15, 0.2) is 18.3 Å². The molecule has 0 bridgehead atoms. The van der Waals surface area contributed by atoms with Crippen LogP contribution < -0.4 is 10.6 Å². The maximum Gasteiger partial charge on any atom is 0.254 e. The Kier molecular flexibility index (Phi) is 4.29. The summed E-state index contributed by atoms with van der Waals surface area (Å²) in [5, 5.41) is 5.24. The lowest BCUT2D eigenvalue weighted by Crippen LogP contribution is -2.53. The zero-order valence-corrected chi connectivity index (χ0v) is 11.2. The Balaban J connectivity index is 2.12. The number of hydrogen-bond acceptors (Lipinski definition) is 5. The summed E-state index contributed by atoms with van der Waals surface area (Å²) in [7, 11) is 0. The number of imide groups is 1. The minimum absolute atomic E-state index is 0.107. The normalized spacial score (nSPS) is 14.9. The van der Waals surface area contributed by atoms with Crippen LogP contribution in [-0.4, -0.2) is 47.2 Å². The fourth-order valence-corrected chi connectivity index (χ4v) is 1.88. The van der Waals surface area contributed by atoms with E-state index in [2.05, 4.69) is 15.6 Å². The number of rotatable bonds is 4. The fraction of sp³-hybridized carbons (Fsp3) is 0.385. The molecule has 2 N–H and O–H groups in total. The average molecular weight is 276 g/mol. The molecule has 106 valence electrons. The summed E-state index contributed by atoms with van der Waals surface area (Å²) in [4.78, 5) is 40.1. The number of pyridine rings is 1. The first kappa shape index (κ1) is 14.0. The second-order valence-electron chi connectivity index (χ2n) is 4.49. The van der Waals surface area contributed by atoms with Crippen molar-refractivity contribution in [3.8, 4) is 0 Å². The number of aromatic nitrogens is 1. The van der Waals surface area contributed by atoms with Gasteiger partial charge in [-0.05, 0) is 18.6 Å². The lowest BCUT2D eigenvalue weighted by Gasteiger charge is -2.25. The van der Waals surface area contributed by atoms with Crippen LogP contribution in [0.5, 0.6) is 0 Å². The van der Waals surface area contributed by atoms with E-state index in [9.17, 15) is 14.4 Å². The van der Waals surface area contributed by atoms with Crippen molar-refractivity contribution >= 4 is 23.5 Å². The van der Waals surface area contributed by atoms with Crippen molar-refractivity contribution in [3.05, 3.63) is 23.9 Å². The first-order valence-electron chi connectivity index (χ1n) is 6.42. The minimum Gasteiger partial charge on any atom is -0.370 e. The Hall–Kier alpha value is -2.44. The molecule has 0 spiro atoms. The summed E-state index contributed by atoms with van der Waals surface area (Å²) >= 11 is 0. The Morgan fingerprint density at radius 3 is 2.75 bits per heavy atom. The van der Waals surface area contributed by atoms with Crippen molar-refractivity contribution in [2.45, 2.75) is 13.3 Å². The summed E-state index contributed by atoms with van der Waals surface area (Å²) in [6, 6.07) is 3.19. The van der Waals surface area contributed by atoms with E-state index >= 15 is 0 Å². The first-order chi connectivity index (χ1) is 9.60. The molecule has 1 aromatic heterocycles. The SMILES string of the molecule is CCCNc1cc(C(=O)N2CC(=O)NC(=O)C2)ccn1. The van der Waals surface area contributed by atoms with Gasteiger partial charge in [-0.3, -0.25) is 19.7 Å². The van der Waals surface area contributed by atoms with Crippen molar-refractivity contribution in [2.24, 2.45) is 0 Å². The van der Waals surface area contributed by atoms with Crippen LogP contribution >= 0.6 is 0 Å². The summed E-state index contributed by atoms with van der Waals surface area (Å²) in [6.07, 6.45) is 2.47. The second-order valence-corrected chi connectivity index (χ2v) is 4.49. The fourth-order valence-electron chi connectivity index (χ4n) is 1.88. The Bertz CT molecular complexity index is 528. The molecule has 0 saturated carbocycles. The summed E-state index contributed by atoms with van der Waals surface area (Å²) in [6.45, 7) is 2.57. The molecule has 1 aliphatic heterocycles. The van der Waals surface area contributed by atoms with E-state index in [1.165, 1.54) is 11.1 Å². The molecule has 0 aromatic carbocycles. The van der Waals surface area contributed by atoms with E-state index in [1.54, 1.807) is 12.1 Å². The third-order valence-corrected chi connectivity index (χ3v) is 2.80. The smallest absolute Gasteiger partial charge is 0.254 e. The van der Waals surface area contributed by atoms with E-state index in [0.29, 0.717) is 11.4 Å². The number of anilines is 1. The molecule has 0 unspecified atom stereocenters. The van der Waals surface area contributed by atoms with Crippen LogP contribution in [-0.2, 0) is 9.59 Å². The number of amides is 3. The summed E-state index contributed by atoms with van der Waals surface area (Å²) in [5.41, 5.74) is 0.404. The lowest BCUT2D eigenvalue weighted by atomic mass is 10.2. The van der Waals surface area contributed by atoms with Gasteiger partial charge in [0, 0.05) is 18.3 Å². The van der Waals surface area contributed by atoms with Crippen LogP contribution in [0.4, 0.5) is 5.82 Å². The van der Waals surface area contributed by atoms with E-state index < -0.39 is 11.8 Å². The van der Waals surface area contributed by atoms with Gasteiger partial charge in [0.05, 0.1) is 0 Å². The maximum absolute atomic E-state index is 12.3. The Morgan fingerprint density at radius 1 is 1.40 bits per heavy atom. The molecule has 1 saturated heterocycles. The van der Waals surface area contributed by atoms with Gasteiger partial charge >= 0.3 is 0 Å². The molecule has 1 aromatic rings. The highest BCUT2D eigenvalue weighted by molar-refractivity contribution is 6.05. The average Bonchev–Trinajstić information content (AvgIpc) is 2.43. The van der Waals surface area contributed by atoms with Crippen LogP contribution in [0.3, 0.4) is 0 Å². The number of carbonyl (C=O) groups excluding carboxylic acids is 3. The molecular formula is C13H16N4O3. The van der Waals surface area contributed by atoms with E-state index in [1.807, 2.05) is 6.92 Å². The van der Waals surface area contributed by atoms with Crippen molar-refractivity contribution < 1.29 is 14.4 Å². The molecule has 7 heteroatoms. The van der Waals surface area contributed by atoms with Gasteiger partial charge in [-0.2, -0.15) is 0 Å². The zero-order valence-electron chi connectivity index (χ0n) is 11.2. The summed E-state index contributed by atoms with van der Waals surface area (Å²) < 4.78 is 0. The predicted octanol–water partition coefficient (Wildman–Crippen LogP) is 0.00210. The highest BCUT2D eigenvalue weighted by Crippen LogP contribution is 2.11. The molecule has 20 heavy (non-hydrogen) atoms. The van der Waals surface area contributed by atoms with E-state index in [0.717, 1.165) is 13.0 Å². The first-order valence-corrected chi connectivity index (χ1v) is 6.42. The molecular weight excluding hydrogens is 260 g/mol. The summed E-state index contributed by atoms with van der Waals surface area (Å²) in [5.74, 6) is -0.679. The predicted molar refractivity (Wildman–Crippen MR) is 72.1 cm³/mol. The highest BCUT2D eigenvalue weighted by atomic mass is 16.2. The van der Waals surface area contributed by atoms with Gasteiger partial charge in [0.2, 0.25) is 11.8 Å². The van der Waals surface area contributed by atoms with Crippen LogP contribution in [0, 0.1) is 0 Å². The van der Waals surface area contributed by atoms with Gasteiger partial charge in [-0.25, -0.2) is 4.98 Å². The minimum atomic E-state index is -0.465. The highest BCUT2D eigenvalue weighted by Gasteiger charge is 2.27. The van der Waals surface area contributed by atoms with E-state index in [4.69, 9.17) is 0 Å². The molecule has 2 rings (SSSR count). The Morgan fingerprint density at radius 2 is 2.10 bits per heavy atom. The monoisotopic (exact) mass is 276 g/mol. The molecule has 2 heterocycles. The molecule has 3 amide bonds. The quantitative estimate of drug-likeness (QED) is 0.755. The topological polar surface area (TPSA) is 91.4 Å². The van der Waals surface area contributed by atoms with Crippen LogP contribution in [0.2, 0.25) is 0 Å². The second kappa shape index (κ2) is 6.14. The lowest BCUT2D eigenvalue weighted by molar-refractivity contribution is -0.135. The number of nitrogens with zero attached hydrogens (tertiary/aromatic N) is 2. The standard InChI is InChI=1S/C13H16N4O3/c1-2-4-14-10-6-9(3-5-15-10)13(20)17-7-11(18)16-12(19)8-17/h3,5-6H,2,4,7-8H2,1H3,(H,14,15)(H,16,18,19). The Labute approximate surface area is 116 Å². The van der Waals surface area contributed by atoms with Crippen molar-refractivity contribution in [1.29, 1.82) is 0 Å². The molecule has 7 nitrogen and oxygen atoms in total. The van der Waals surface area contributed by atoms with Gasteiger partial charge in [0.25, 0.3) is 5.91 Å². The van der Waals surface area contributed by atoms with Gasteiger partial charge in [0.1, 0.15) is 18.9 Å². The van der Waals surface area contributed by atoms with Crippen LogP contribution in [0.1, 0.15) is 23.7 Å². The molecule has 1 aliphatic rings. The van der Waals surface area contributed by atoms with Gasteiger partial charge in [0.15, 0.2) is 0 Å². The third-order valence-electron chi connectivity index (χ3n) is 2.80. The van der Waals surface area contributed by atoms with Crippen molar-refractivity contribution in [3.63, 3.8) is 0 Å². The van der Waals surface area contributed by atoms with E-state index in [-0.39, 0.29) is 19.0 Å². The van der Waals surface area contributed by atoms with Crippen molar-refractivity contribution in [1.82, 2.24) is 15.2 Å².